The minimum absolute atomic E-state index is 0.0429. The molecule has 1 saturated carbocycles. The molecule has 200 valence electrons. The van der Waals surface area contributed by atoms with E-state index in [1.165, 1.54) is 17.9 Å². The second-order valence-electron chi connectivity index (χ2n) is 8.79. The van der Waals surface area contributed by atoms with Crippen molar-refractivity contribution in [2.75, 3.05) is 29.6 Å². The summed E-state index contributed by atoms with van der Waals surface area (Å²) in [4.78, 5) is 32.0. The van der Waals surface area contributed by atoms with Crippen LogP contribution in [-0.2, 0) is 11.8 Å². The number of amides is 2. The average molecular weight is 536 g/mol. The first-order valence-electron chi connectivity index (χ1n) is 12.8. The normalized spacial score (nSPS) is 17.9. The molecule has 0 aromatic carbocycles. The zero-order chi connectivity index (χ0) is 29.9. The van der Waals surface area contributed by atoms with Crippen LogP contribution in [0.25, 0.3) is 11.3 Å². The molecule has 1 atom stereocenters. The van der Waals surface area contributed by atoms with E-state index in [1.54, 1.807) is 18.9 Å². The lowest BCUT2D eigenvalue weighted by Gasteiger charge is -2.34. The first-order valence-corrected chi connectivity index (χ1v) is 11.3. The highest BCUT2D eigenvalue weighted by molar-refractivity contribution is 6.01. The monoisotopic (exact) mass is 535 g/mol. The van der Waals surface area contributed by atoms with Gasteiger partial charge in [0.2, 0.25) is 5.91 Å². The number of ether oxygens (including phenoxy) is 1. The summed E-state index contributed by atoms with van der Waals surface area (Å²) >= 11 is 0. The lowest BCUT2D eigenvalue weighted by atomic mass is 9.98. The van der Waals surface area contributed by atoms with Gasteiger partial charge >= 0.3 is 6.36 Å². The maximum atomic E-state index is 13.3. The molecular formula is C22H23F3N10O3. The van der Waals surface area contributed by atoms with E-state index < -0.39 is 36.7 Å². The molecule has 1 fully saturated rings. The van der Waals surface area contributed by atoms with Crippen LogP contribution in [0.4, 0.5) is 36.2 Å². The third kappa shape index (κ3) is 4.64. The molecule has 3 aromatic rings. The van der Waals surface area contributed by atoms with Gasteiger partial charge in [-0.2, -0.15) is 15.0 Å². The van der Waals surface area contributed by atoms with Gasteiger partial charge in [-0.15, -0.1) is 23.4 Å². The molecule has 5 rings (SSSR count). The van der Waals surface area contributed by atoms with Gasteiger partial charge < -0.3 is 25.6 Å². The van der Waals surface area contributed by atoms with Gasteiger partial charge in [-0.1, -0.05) is 0 Å². The lowest BCUT2D eigenvalue weighted by Crippen LogP contribution is -2.29. The molecule has 3 aromatic heterocycles. The van der Waals surface area contributed by atoms with E-state index in [9.17, 15) is 22.8 Å². The minimum atomic E-state index is -5.04. The van der Waals surface area contributed by atoms with E-state index in [1.807, 2.05) is 5.32 Å². The van der Waals surface area contributed by atoms with E-state index in [0.717, 1.165) is 6.20 Å². The number of nitrogens with one attached hydrogen (secondary N) is 3. The van der Waals surface area contributed by atoms with Gasteiger partial charge in [-0.25, -0.2) is 4.98 Å². The lowest BCUT2D eigenvalue weighted by molar-refractivity contribution is -0.274. The van der Waals surface area contributed by atoms with E-state index >= 15 is 0 Å². The molecule has 2 amide bonds. The number of rotatable bonds is 6. The largest absolute Gasteiger partial charge is 0.573 e. The number of anilines is 4. The van der Waals surface area contributed by atoms with Crippen LogP contribution in [-0.4, -0.2) is 62.4 Å². The maximum absolute atomic E-state index is 13.3. The number of carbonyl (C=O) groups excluding carboxylic acids is 2. The Hall–Kier alpha value is -4.50. The average Bonchev–Trinajstić information content (AvgIpc) is 3.63. The standard InChI is InChI=1S/C22H23F3N10O3/c1-9-15-17(33-35(4)32-15)14-12(38-22(23,24)25)8-27-19(18(14)34(9)3)28-11-7-13(29-20(36)10-5-6-10)30-31-16(11)21(37)26-2/h7-10H,5-6H2,1-4H3,(H,26,37)(H2,27,28,29,30,36)/t9-/m0/s1/i2D3. The van der Waals surface area contributed by atoms with Gasteiger partial charge in [0.15, 0.2) is 23.1 Å². The smallest absolute Gasteiger partial charge is 0.403 e. The van der Waals surface area contributed by atoms with Gasteiger partial charge in [0.1, 0.15) is 11.4 Å². The number of carbonyl (C=O) groups is 2. The zero-order valence-electron chi connectivity index (χ0n) is 23.2. The Morgan fingerprint density at radius 1 is 1.21 bits per heavy atom. The summed E-state index contributed by atoms with van der Waals surface area (Å²) in [5, 5.41) is 23.4. The summed E-state index contributed by atoms with van der Waals surface area (Å²) < 4.78 is 66.4. The van der Waals surface area contributed by atoms with Crippen molar-refractivity contribution in [3.63, 3.8) is 0 Å². The number of aromatic nitrogens is 6. The van der Waals surface area contributed by atoms with Crippen LogP contribution >= 0.6 is 0 Å². The van der Waals surface area contributed by atoms with Crippen molar-refractivity contribution in [3.8, 4) is 17.0 Å². The Labute approximate surface area is 218 Å². The molecule has 1 aliphatic heterocycles. The van der Waals surface area contributed by atoms with Gasteiger partial charge in [0.05, 0.1) is 29.2 Å². The van der Waals surface area contributed by atoms with Crippen LogP contribution in [0.5, 0.6) is 5.75 Å². The van der Waals surface area contributed by atoms with Crippen LogP contribution in [0.2, 0.25) is 0 Å². The van der Waals surface area contributed by atoms with Gasteiger partial charge in [-0.3, -0.25) is 9.59 Å². The predicted octanol–water partition coefficient (Wildman–Crippen LogP) is 2.53. The Morgan fingerprint density at radius 3 is 2.66 bits per heavy atom. The third-order valence-electron chi connectivity index (χ3n) is 6.13. The fourth-order valence-corrected chi connectivity index (χ4v) is 4.08. The molecule has 0 unspecified atom stereocenters. The van der Waals surface area contributed by atoms with Gasteiger partial charge in [-0.05, 0) is 19.8 Å². The van der Waals surface area contributed by atoms with Crippen LogP contribution < -0.4 is 25.6 Å². The van der Waals surface area contributed by atoms with Crippen molar-refractivity contribution in [2.45, 2.75) is 32.2 Å². The fraction of sp³-hybridized carbons (Fsp3) is 0.409. The minimum Gasteiger partial charge on any atom is -0.403 e. The third-order valence-corrected chi connectivity index (χ3v) is 6.13. The molecule has 3 N–H and O–H groups in total. The Balaban J connectivity index is 1.64. The van der Waals surface area contributed by atoms with Crippen molar-refractivity contribution in [3.05, 3.63) is 23.7 Å². The summed E-state index contributed by atoms with van der Waals surface area (Å²) in [7, 11) is 3.12. The maximum Gasteiger partial charge on any atom is 0.573 e. The Bertz CT molecular complexity index is 1540. The summed E-state index contributed by atoms with van der Waals surface area (Å²) in [5.74, 6) is -2.34. The fourth-order valence-electron chi connectivity index (χ4n) is 4.08. The molecule has 0 spiro atoms. The number of alkyl halides is 3. The molecular weight excluding hydrogens is 509 g/mol. The molecule has 0 saturated heterocycles. The summed E-state index contributed by atoms with van der Waals surface area (Å²) in [6.07, 6.45) is -2.79. The highest BCUT2D eigenvalue weighted by Crippen LogP contribution is 2.50. The van der Waals surface area contributed by atoms with E-state index in [-0.39, 0.29) is 46.1 Å². The van der Waals surface area contributed by atoms with E-state index in [2.05, 4.69) is 40.7 Å². The quantitative estimate of drug-likeness (QED) is 0.429. The second kappa shape index (κ2) is 9.11. The van der Waals surface area contributed by atoms with Crippen molar-refractivity contribution in [1.82, 2.24) is 35.5 Å². The van der Waals surface area contributed by atoms with Crippen LogP contribution in [0.15, 0.2) is 12.3 Å². The molecule has 1 aliphatic carbocycles. The SMILES string of the molecule is [2H]C([2H])([2H])NC(=O)c1nnc(NC(=O)C2CC2)cc1Nc1ncc(OC(F)(F)F)c2c1N(C)[C@@H](C)c1nn(C)nc1-2. The summed E-state index contributed by atoms with van der Waals surface area (Å²) in [5.41, 5.74) is -0.0268. The van der Waals surface area contributed by atoms with Gasteiger partial charge in [0, 0.05) is 37.2 Å². The Kier molecular flexibility index (Phi) is 5.17. The highest BCUT2D eigenvalue weighted by Gasteiger charge is 2.39. The number of hydrogen-bond acceptors (Lipinski definition) is 10. The van der Waals surface area contributed by atoms with E-state index in [4.69, 9.17) is 4.11 Å². The number of fused-ring (bicyclic) bond motifs is 3. The zero-order valence-corrected chi connectivity index (χ0v) is 20.2. The van der Waals surface area contributed by atoms with Crippen molar-refractivity contribution in [2.24, 2.45) is 13.0 Å². The number of aryl methyl sites for hydroxylation is 1. The van der Waals surface area contributed by atoms with Crippen LogP contribution in [0.1, 0.15) is 46.1 Å². The number of pyridine rings is 1. The van der Waals surface area contributed by atoms with Crippen LogP contribution in [0.3, 0.4) is 0 Å². The molecule has 13 nitrogen and oxygen atoms in total. The summed E-state index contributed by atoms with van der Waals surface area (Å²) in [6, 6.07) is 0.771. The molecule has 2 aliphatic rings. The number of halogens is 3. The molecule has 16 heteroatoms. The predicted molar refractivity (Wildman–Crippen MR) is 128 cm³/mol. The first-order chi connectivity index (χ1) is 19.1. The molecule has 0 radical (unpaired) electrons. The second-order valence-corrected chi connectivity index (χ2v) is 8.79. The highest BCUT2D eigenvalue weighted by atomic mass is 19.4. The molecule has 4 heterocycles. The van der Waals surface area contributed by atoms with Gasteiger partial charge in [0.25, 0.3) is 5.91 Å². The topological polar surface area (TPSA) is 152 Å². The van der Waals surface area contributed by atoms with Crippen molar-refractivity contribution >= 4 is 34.8 Å². The van der Waals surface area contributed by atoms with Crippen molar-refractivity contribution in [1.29, 1.82) is 0 Å². The first kappa shape index (κ1) is 21.6. The van der Waals surface area contributed by atoms with Crippen molar-refractivity contribution < 1.29 is 31.6 Å². The Morgan fingerprint density at radius 2 is 1.97 bits per heavy atom. The van der Waals surface area contributed by atoms with Crippen LogP contribution in [0, 0.1) is 5.92 Å². The van der Waals surface area contributed by atoms with E-state index in [0.29, 0.717) is 18.5 Å². The number of nitrogens with zero attached hydrogens (tertiary/aromatic N) is 7. The molecule has 38 heavy (non-hydrogen) atoms. The molecule has 0 bridgehead atoms. The number of hydrogen-bond donors (Lipinski definition) is 3. The summed E-state index contributed by atoms with van der Waals surface area (Å²) in [6.45, 7) is -1.10.